The fraction of sp³-hybridized carbons (Fsp3) is 0.833. The molecule has 0 aliphatic carbocycles. The van der Waals surface area contributed by atoms with Gasteiger partial charge >= 0.3 is 8.07 Å². The lowest BCUT2D eigenvalue weighted by Gasteiger charge is -2.33. The molecule has 0 heterocycles. The molecule has 0 radical (unpaired) electrons. The van der Waals surface area contributed by atoms with Crippen LogP contribution in [0, 0.1) is 0 Å². The number of hydrogen-bond donors (Lipinski definition) is 0. The molecule has 0 rings (SSSR count). The lowest BCUT2D eigenvalue weighted by Crippen LogP contribution is -2.57. The SMILES string of the molecule is CCOC(=O)[Si](C(=O)OCC)(C(C)C)C(C)C. The summed E-state index contributed by atoms with van der Waals surface area (Å²) in [6.07, 6.45) is 0. The largest absolute Gasteiger partial charge is 0.470 e. The standard InChI is InChI=1S/C12H24O4Si/c1-7-15-11(13)17(9(3)4,10(5)6)12(14)16-8-2/h9-10H,7-8H2,1-6H3. The monoisotopic (exact) mass is 260 g/mol. The van der Waals surface area contributed by atoms with Gasteiger partial charge in [0.2, 0.25) is 0 Å². The summed E-state index contributed by atoms with van der Waals surface area (Å²) in [6.45, 7) is 11.7. The van der Waals surface area contributed by atoms with Crippen molar-refractivity contribution < 1.29 is 19.1 Å². The first-order chi connectivity index (χ1) is 7.85. The van der Waals surface area contributed by atoms with Crippen LogP contribution in [0.4, 0.5) is 9.59 Å². The third-order valence-electron chi connectivity index (χ3n) is 3.05. The zero-order valence-corrected chi connectivity index (χ0v) is 12.7. The van der Waals surface area contributed by atoms with E-state index in [1.54, 1.807) is 13.8 Å². The Morgan fingerprint density at radius 2 is 1.18 bits per heavy atom. The number of carbonyl (C=O) groups excluding carboxylic acids is 2. The zero-order chi connectivity index (χ0) is 13.6. The van der Waals surface area contributed by atoms with Gasteiger partial charge in [0.05, 0.1) is 13.2 Å². The molecule has 4 nitrogen and oxygen atoms in total. The maximum Gasteiger partial charge on any atom is 0.316 e. The second-order valence-corrected chi connectivity index (χ2v) is 9.48. The Balaban J connectivity index is 5.43. The van der Waals surface area contributed by atoms with Crippen LogP contribution in [0.25, 0.3) is 0 Å². The van der Waals surface area contributed by atoms with Crippen molar-refractivity contribution in [2.45, 2.75) is 52.6 Å². The van der Waals surface area contributed by atoms with E-state index in [1.165, 1.54) is 0 Å². The van der Waals surface area contributed by atoms with Crippen molar-refractivity contribution in [2.24, 2.45) is 0 Å². The minimum absolute atomic E-state index is 0.0272. The highest BCUT2D eigenvalue weighted by Crippen LogP contribution is 2.35. The lowest BCUT2D eigenvalue weighted by molar-refractivity contribution is 0.165. The van der Waals surface area contributed by atoms with Crippen LogP contribution in [0.2, 0.25) is 11.1 Å². The van der Waals surface area contributed by atoms with Gasteiger partial charge in [-0.3, -0.25) is 9.59 Å². The smallest absolute Gasteiger partial charge is 0.316 e. The summed E-state index contributed by atoms with van der Waals surface area (Å²) in [7, 11) is -2.92. The van der Waals surface area contributed by atoms with Crippen LogP contribution in [0.15, 0.2) is 0 Å². The van der Waals surface area contributed by atoms with Gasteiger partial charge in [-0.15, -0.1) is 0 Å². The molecule has 0 aliphatic heterocycles. The van der Waals surface area contributed by atoms with Gasteiger partial charge in [0.25, 0.3) is 11.2 Å². The van der Waals surface area contributed by atoms with Crippen LogP contribution >= 0.6 is 0 Å². The molecule has 0 N–H and O–H groups in total. The van der Waals surface area contributed by atoms with Gasteiger partial charge in [-0.05, 0) is 24.9 Å². The molecule has 0 atom stereocenters. The average molecular weight is 260 g/mol. The van der Waals surface area contributed by atoms with Crippen molar-refractivity contribution >= 4 is 19.3 Å². The Morgan fingerprint density at radius 1 is 0.882 bits per heavy atom. The van der Waals surface area contributed by atoms with Gasteiger partial charge in [0, 0.05) is 0 Å². The van der Waals surface area contributed by atoms with Gasteiger partial charge in [-0.2, -0.15) is 0 Å². The maximum atomic E-state index is 12.2. The first-order valence-electron chi connectivity index (χ1n) is 6.19. The molecule has 5 heteroatoms. The maximum absolute atomic E-state index is 12.2. The van der Waals surface area contributed by atoms with Crippen molar-refractivity contribution in [3.63, 3.8) is 0 Å². The van der Waals surface area contributed by atoms with Gasteiger partial charge in [-0.1, -0.05) is 27.7 Å². The van der Waals surface area contributed by atoms with E-state index in [0.29, 0.717) is 13.2 Å². The van der Waals surface area contributed by atoms with Crippen LogP contribution in [0.5, 0.6) is 0 Å². The van der Waals surface area contributed by atoms with Crippen molar-refractivity contribution in [2.75, 3.05) is 13.2 Å². The Labute approximate surface area is 105 Å². The number of rotatable bonds is 6. The topological polar surface area (TPSA) is 52.6 Å². The van der Waals surface area contributed by atoms with Gasteiger partial charge in [0.1, 0.15) is 0 Å². The van der Waals surface area contributed by atoms with E-state index in [0.717, 1.165) is 0 Å². The molecule has 0 spiro atoms. The third-order valence-corrected chi connectivity index (χ3v) is 8.33. The Bertz CT molecular complexity index is 246. The Morgan fingerprint density at radius 3 is 1.35 bits per heavy atom. The first kappa shape index (κ1) is 16.2. The van der Waals surface area contributed by atoms with E-state index in [4.69, 9.17) is 9.47 Å². The number of carbonyl (C=O) groups is 2. The summed E-state index contributed by atoms with van der Waals surface area (Å²) < 4.78 is 10.2. The quantitative estimate of drug-likeness (QED) is 0.683. The first-order valence-corrected chi connectivity index (χ1v) is 8.35. The molecule has 100 valence electrons. The highest BCUT2D eigenvalue weighted by molar-refractivity contribution is 7.24. The summed E-state index contributed by atoms with van der Waals surface area (Å²) in [5.41, 5.74) is -0.743. The molecule has 0 fully saturated rings. The number of hydrogen-bond acceptors (Lipinski definition) is 4. The van der Waals surface area contributed by atoms with Crippen molar-refractivity contribution in [3.8, 4) is 0 Å². The normalized spacial score (nSPS) is 11.8. The Kier molecular flexibility index (Phi) is 6.45. The minimum Gasteiger partial charge on any atom is -0.470 e. The van der Waals surface area contributed by atoms with Crippen LogP contribution in [0.3, 0.4) is 0 Å². The predicted molar refractivity (Wildman–Crippen MR) is 70.0 cm³/mol. The van der Waals surface area contributed by atoms with Crippen molar-refractivity contribution in [3.05, 3.63) is 0 Å². The van der Waals surface area contributed by atoms with E-state index in [1.807, 2.05) is 27.7 Å². The van der Waals surface area contributed by atoms with Crippen molar-refractivity contribution in [1.29, 1.82) is 0 Å². The summed E-state index contributed by atoms with van der Waals surface area (Å²) in [5.74, 6) is 0. The van der Waals surface area contributed by atoms with E-state index >= 15 is 0 Å². The van der Waals surface area contributed by atoms with Gasteiger partial charge in [0.15, 0.2) is 0 Å². The predicted octanol–water partition coefficient (Wildman–Crippen LogP) is 3.73. The second-order valence-electron chi connectivity index (χ2n) is 4.62. The zero-order valence-electron chi connectivity index (χ0n) is 11.7. The van der Waals surface area contributed by atoms with Crippen LogP contribution in [-0.2, 0) is 9.47 Å². The molecular weight excluding hydrogens is 236 g/mol. The fourth-order valence-corrected chi connectivity index (χ4v) is 6.35. The number of ether oxygens (including phenoxy) is 2. The summed E-state index contributed by atoms with van der Waals surface area (Å²) >= 11 is 0. The van der Waals surface area contributed by atoms with E-state index < -0.39 is 8.07 Å². The molecule has 0 unspecified atom stereocenters. The fourth-order valence-electron chi connectivity index (χ4n) is 2.19. The van der Waals surface area contributed by atoms with Crippen LogP contribution in [0.1, 0.15) is 41.5 Å². The highest BCUT2D eigenvalue weighted by atomic mass is 28.3. The molecule has 0 aromatic heterocycles. The van der Waals surface area contributed by atoms with Crippen LogP contribution < -0.4 is 0 Å². The van der Waals surface area contributed by atoms with Gasteiger partial charge < -0.3 is 9.47 Å². The lowest BCUT2D eigenvalue weighted by atomic mass is 10.5. The second kappa shape index (κ2) is 6.79. The van der Waals surface area contributed by atoms with E-state index in [-0.39, 0.29) is 22.3 Å². The molecule has 0 saturated heterocycles. The van der Waals surface area contributed by atoms with E-state index in [9.17, 15) is 9.59 Å². The Hall–Kier alpha value is -0.843. The molecule has 0 aromatic carbocycles. The average Bonchev–Trinajstić information content (AvgIpc) is 2.17. The minimum atomic E-state index is -2.92. The summed E-state index contributed by atoms with van der Waals surface area (Å²) in [4.78, 5) is 24.4. The van der Waals surface area contributed by atoms with Crippen LogP contribution in [-0.4, -0.2) is 32.5 Å². The highest BCUT2D eigenvalue weighted by Gasteiger charge is 2.58. The molecule has 0 aromatic rings. The van der Waals surface area contributed by atoms with Crippen molar-refractivity contribution in [1.82, 2.24) is 0 Å². The molecule has 0 bridgehead atoms. The molecule has 0 aliphatic rings. The molecule has 17 heavy (non-hydrogen) atoms. The molecule has 0 saturated carbocycles. The molecular formula is C12H24O4Si. The summed E-state index contributed by atoms with van der Waals surface area (Å²) in [6, 6.07) is 0. The molecule has 0 amide bonds. The summed E-state index contributed by atoms with van der Waals surface area (Å²) in [5, 5.41) is 0. The van der Waals surface area contributed by atoms with Gasteiger partial charge in [-0.25, -0.2) is 0 Å². The van der Waals surface area contributed by atoms with E-state index in [2.05, 4.69) is 0 Å². The third kappa shape index (κ3) is 3.09.